The van der Waals surface area contributed by atoms with Crippen LogP contribution >= 0.6 is 0 Å². The molecule has 0 aliphatic rings. The molecule has 8 nitrogen and oxygen atoms in total. The zero-order valence-corrected chi connectivity index (χ0v) is 23.0. The Morgan fingerprint density at radius 2 is 1.25 bits per heavy atom. The molecule has 0 aromatic heterocycles. The van der Waals surface area contributed by atoms with E-state index in [0.29, 0.717) is 48.9 Å². The van der Waals surface area contributed by atoms with Gasteiger partial charge in [0, 0.05) is 12.2 Å². The molecule has 0 radical (unpaired) electrons. The van der Waals surface area contributed by atoms with E-state index in [1.54, 1.807) is 49.6 Å². The number of carbonyl (C=O) groups is 3. The number of rotatable bonds is 13. The number of carbonyl (C=O) groups excluding carboxylic acids is 3. The van der Waals surface area contributed by atoms with Crippen LogP contribution in [0.15, 0.2) is 91.5 Å². The van der Waals surface area contributed by atoms with Crippen LogP contribution in [0.1, 0.15) is 42.6 Å². The fraction of sp³-hybridized carbons (Fsp3) is 0.219. The minimum Gasteiger partial charge on any atom is -0.497 e. The average Bonchev–Trinajstić information content (AvgIpc) is 3.00. The van der Waals surface area contributed by atoms with Gasteiger partial charge in [0.15, 0.2) is 0 Å². The number of esters is 3. The van der Waals surface area contributed by atoms with Gasteiger partial charge in [-0.25, -0.2) is 14.4 Å². The molecule has 0 amide bonds. The lowest BCUT2D eigenvalue weighted by Gasteiger charge is -2.08. The monoisotopic (exact) mass is 546 g/mol. The van der Waals surface area contributed by atoms with Crippen molar-refractivity contribution in [2.45, 2.75) is 26.7 Å². The molecule has 8 heteroatoms. The molecule has 3 aromatic rings. The Morgan fingerprint density at radius 3 is 1.85 bits per heavy atom. The molecule has 3 rings (SSSR count). The average molecular weight is 547 g/mol. The van der Waals surface area contributed by atoms with Crippen LogP contribution in [0.25, 0.3) is 6.08 Å². The Morgan fingerprint density at radius 1 is 0.700 bits per heavy atom. The summed E-state index contributed by atoms with van der Waals surface area (Å²) in [4.78, 5) is 35.5. The third-order valence-corrected chi connectivity index (χ3v) is 5.09. The molecular weight excluding hydrogens is 512 g/mol. The number of benzene rings is 3. The lowest BCUT2D eigenvalue weighted by molar-refractivity contribution is -0.137. The Labute approximate surface area is 234 Å². The van der Waals surface area contributed by atoms with Crippen molar-refractivity contribution in [3.8, 4) is 23.0 Å². The highest BCUT2D eigenvalue weighted by atomic mass is 16.5. The Kier molecular flexibility index (Phi) is 13.8. The first kappa shape index (κ1) is 31.4. The summed E-state index contributed by atoms with van der Waals surface area (Å²) in [5.74, 6) is 0.441. The van der Waals surface area contributed by atoms with E-state index in [0.717, 1.165) is 17.4 Å². The van der Waals surface area contributed by atoms with Crippen molar-refractivity contribution >= 4 is 24.0 Å². The molecule has 3 aromatic carbocycles. The third-order valence-electron chi connectivity index (χ3n) is 5.09. The Bertz CT molecular complexity index is 1240. The fourth-order valence-corrected chi connectivity index (χ4v) is 3.08. The van der Waals surface area contributed by atoms with Gasteiger partial charge < -0.3 is 23.7 Å². The van der Waals surface area contributed by atoms with Crippen molar-refractivity contribution in [2.75, 3.05) is 20.3 Å². The van der Waals surface area contributed by atoms with Crippen molar-refractivity contribution in [2.24, 2.45) is 0 Å². The van der Waals surface area contributed by atoms with Crippen LogP contribution in [-0.2, 0) is 14.3 Å². The van der Waals surface area contributed by atoms with E-state index >= 15 is 0 Å². The van der Waals surface area contributed by atoms with Gasteiger partial charge in [0.1, 0.15) is 23.0 Å². The second kappa shape index (κ2) is 17.6. The normalized spacial score (nSPS) is 10.1. The molecule has 210 valence electrons. The topological polar surface area (TPSA) is 97.4 Å². The van der Waals surface area contributed by atoms with Crippen molar-refractivity contribution < 1.29 is 38.1 Å². The molecule has 0 spiro atoms. The molecule has 0 fully saturated rings. The summed E-state index contributed by atoms with van der Waals surface area (Å²) in [6, 6.07) is 20.0. The van der Waals surface area contributed by atoms with Crippen LogP contribution in [0.2, 0.25) is 0 Å². The number of hydrogen-bond acceptors (Lipinski definition) is 8. The lowest BCUT2D eigenvalue weighted by atomic mass is 10.2. The molecular formula is C32H34O8. The number of methoxy groups -OCH3 is 1. The Hall–Kier alpha value is -4.85. The highest BCUT2D eigenvalue weighted by molar-refractivity contribution is 5.91. The molecule has 0 unspecified atom stereocenters. The lowest BCUT2D eigenvalue weighted by Crippen LogP contribution is -2.09. The molecule has 0 saturated heterocycles. The molecule has 0 aliphatic carbocycles. The van der Waals surface area contributed by atoms with E-state index < -0.39 is 17.9 Å². The Balaban J connectivity index is 0.00000274. The van der Waals surface area contributed by atoms with E-state index in [1.165, 1.54) is 30.3 Å². The van der Waals surface area contributed by atoms with Gasteiger partial charge in [0.25, 0.3) is 0 Å². The van der Waals surface area contributed by atoms with Gasteiger partial charge in [-0.3, -0.25) is 0 Å². The second-order valence-corrected chi connectivity index (χ2v) is 7.84. The van der Waals surface area contributed by atoms with Crippen LogP contribution in [0.5, 0.6) is 23.0 Å². The van der Waals surface area contributed by atoms with Gasteiger partial charge >= 0.3 is 17.9 Å². The maximum Gasteiger partial charge on any atom is 0.343 e. The second-order valence-electron chi connectivity index (χ2n) is 7.84. The van der Waals surface area contributed by atoms with Gasteiger partial charge in [-0.15, -0.1) is 0 Å². The summed E-state index contributed by atoms with van der Waals surface area (Å²) in [5, 5.41) is 0. The summed E-state index contributed by atoms with van der Waals surface area (Å²) in [7, 11) is 1.59. The minimum atomic E-state index is -0.538. The number of ether oxygens (including phenoxy) is 5. The van der Waals surface area contributed by atoms with Crippen LogP contribution in [0.4, 0.5) is 0 Å². The number of unbranched alkanes of at least 4 members (excludes halogenated alkanes) is 1. The van der Waals surface area contributed by atoms with Gasteiger partial charge in [0.2, 0.25) is 0 Å². The van der Waals surface area contributed by atoms with E-state index in [2.05, 4.69) is 6.58 Å². The quantitative estimate of drug-likeness (QED) is 0.104. The van der Waals surface area contributed by atoms with Crippen molar-refractivity contribution in [3.63, 3.8) is 0 Å². The SMILES string of the molecule is C=CC(=O)OCCCCOc1ccc(C(=O)Oc2ccc(OC(=O)/C=C/c3ccc(OC)cc3)cc2)cc1.CC. The van der Waals surface area contributed by atoms with Gasteiger partial charge in [-0.2, -0.15) is 0 Å². The molecule has 0 atom stereocenters. The summed E-state index contributed by atoms with van der Waals surface area (Å²) in [6.07, 6.45) is 5.46. The van der Waals surface area contributed by atoms with E-state index in [-0.39, 0.29) is 0 Å². The summed E-state index contributed by atoms with van der Waals surface area (Å²) in [5.41, 5.74) is 1.18. The van der Waals surface area contributed by atoms with E-state index in [4.69, 9.17) is 23.7 Å². The summed E-state index contributed by atoms with van der Waals surface area (Å²) in [6.45, 7) is 8.09. The van der Waals surface area contributed by atoms with Crippen LogP contribution in [-0.4, -0.2) is 38.2 Å². The first-order valence-corrected chi connectivity index (χ1v) is 12.8. The van der Waals surface area contributed by atoms with Crippen molar-refractivity contribution in [1.29, 1.82) is 0 Å². The minimum absolute atomic E-state index is 0.307. The van der Waals surface area contributed by atoms with E-state index in [9.17, 15) is 14.4 Å². The zero-order chi connectivity index (χ0) is 29.2. The number of hydrogen-bond donors (Lipinski definition) is 0. The summed E-state index contributed by atoms with van der Waals surface area (Å²) >= 11 is 0. The zero-order valence-electron chi connectivity index (χ0n) is 23.0. The maximum absolute atomic E-state index is 12.4. The molecule has 0 N–H and O–H groups in total. The third kappa shape index (κ3) is 11.3. The highest BCUT2D eigenvalue weighted by Gasteiger charge is 2.10. The van der Waals surface area contributed by atoms with Crippen LogP contribution in [0.3, 0.4) is 0 Å². The van der Waals surface area contributed by atoms with Crippen molar-refractivity contribution in [3.05, 3.63) is 103 Å². The predicted molar refractivity (Wildman–Crippen MR) is 153 cm³/mol. The largest absolute Gasteiger partial charge is 0.497 e. The smallest absolute Gasteiger partial charge is 0.343 e. The molecule has 0 heterocycles. The van der Waals surface area contributed by atoms with Crippen molar-refractivity contribution in [1.82, 2.24) is 0 Å². The molecule has 0 saturated carbocycles. The molecule has 0 aliphatic heterocycles. The van der Waals surface area contributed by atoms with Gasteiger partial charge in [-0.1, -0.05) is 32.6 Å². The maximum atomic E-state index is 12.4. The first-order valence-electron chi connectivity index (χ1n) is 12.8. The van der Waals surface area contributed by atoms with Gasteiger partial charge in [-0.05, 0) is 85.1 Å². The molecule has 0 bridgehead atoms. The first-order chi connectivity index (χ1) is 19.5. The van der Waals surface area contributed by atoms with E-state index in [1.807, 2.05) is 26.0 Å². The molecule has 40 heavy (non-hydrogen) atoms. The highest BCUT2D eigenvalue weighted by Crippen LogP contribution is 2.20. The van der Waals surface area contributed by atoms with Crippen LogP contribution in [0, 0.1) is 0 Å². The van der Waals surface area contributed by atoms with Gasteiger partial charge in [0.05, 0.1) is 25.9 Å². The summed E-state index contributed by atoms with van der Waals surface area (Å²) < 4.78 is 26.3. The van der Waals surface area contributed by atoms with Crippen LogP contribution < -0.4 is 18.9 Å². The standard InChI is InChI=1S/C30H28O8.C2H6/c1-3-28(31)36-21-5-4-20-35-25-13-9-23(10-14-25)30(33)38-27-17-15-26(16-18-27)37-29(32)19-8-22-6-11-24(34-2)12-7-22;1-2/h3,6-19H,1,4-5,20-21H2,2H3;1-2H3/b19-8+;. The fourth-order valence-electron chi connectivity index (χ4n) is 3.08. The predicted octanol–water partition coefficient (Wildman–Crippen LogP) is 6.45.